The van der Waals surface area contributed by atoms with E-state index in [1.54, 1.807) is 30.5 Å². The van der Waals surface area contributed by atoms with Gasteiger partial charge in [0.25, 0.3) is 11.4 Å². The van der Waals surface area contributed by atoms with Crippen LogP contribution >= 0.6 is 11.3 Å². The highest BCUT2D eigenvalue weighted by molar-refractivity contribution is 7.19. The number of aryl methyl sites for hydroxylation is 2. The maximum atomic E-state index is 11.0. The molecule has 1 heterocycles. The first-order valence-electron chi connectivity index (χ1n) is 9.93. The van der Waals surface area contributed by atoms with E-state index in [-0.39, 0.29) is 11.4 Å². The summed E-state index contributed by atoms with van der Waals surface area (Å²) in [6.45, 7) is 4.04. The van der Waals surface area contributed by atoms with Gasteiger partial charge in [0.15, 0.2) is 0 Å². The fraction of sp³-hybridized carbons (Fsp3) is 0.0833. The normalized spacial score (nSPS) is 11.1. The van der Waals surface area contributed by atoms with E-state index in [2.05, 4.69) is 11.1 Å². The van der Waals surface area contributed by atoms with E-state index < -0.39 is 9.85 Å². The maximum Gasteiger partial charge on any atom is 0.269 e. The second-order valence-corrected chi connectivity index (χ2v) is 8.38. The lowest BCUT2D eigenvalue weighted by Gasteiger charge is -2.07. The molecule has 8 nitrogen and oxygen atoms in total. The van der Waals surface area contributed by atoms with Gasteiger partial charge >= 0.3 is 0 Å². The molecule has 0 saturated carbocycles. The summed E-state index contributed by atoms with van der Waals surface area (Å²) in [6, 6.07) is 18.6. The van der Waals surface area contributed by atoms with Crippen LogP contribution in [0.3, 0.4) is 0 Å². The van der Waals surface area contributed by atoms with Crippen molar-refractivity contribution in [3.05, 3.63) is 104 Å². The number of benzene rings is 3. The maximum absolute atomic E-state index is 11.0. The van der Waals surface area contributed by atoms with Crippen LogP contribution in [0.2, 0.25) is 0 Å². The average molecular weight is 458 g/mol. The SMILES string of the molecule is Cc1ccc(-c2nc(N=Cc3ccc([N+](=O)[O-])cc3)sc2-c2ccc([N+](=O)[O-])cc2)c(C)c1. The molecule has 0 N–H and O–H groups in total. The zero-order valence-corrected chi connectivity index (χ0v) is 18.6. The molecule has 0 bridgehead atoms. The van der Waals surface area contributed by atoms with Gasteiger partial charge in [-0.25, -0.2) is 9.98 Å². The summed E-state index contributed by atoms with van der Waals surface area (Å²) >= 11 is 1.37. The highest BCUT2D eigenvalue weighted by atomic mass is 32.1. The molecule has 0 unspecified atom stereocenters. The van der Waals surface area contributed by atoms with Gasteiger partial charge in [0, 0.05) is 36.0 Å². The molecular formula is C24H18N4O4S. The number of hydrogen-bond donors (Lipinski definition) is 0. The van der Waals surface area contributed by atoms with E-state index in [1.165, 1.54) is 35.6 Å². The van der Waals surface area contributed by atoms with E-state index in [1.807, 2.05) is 26.0 Å². The third-order valence-corrected chi connectivity index (χ3v) is 6.03. The zero-order chi connectivity index (χ0) is 23.5. The van der Waals surface area contributed by atoms with Crippen molar-refractivity contribution in [1.29, 1.82) is 0 Å². The minimum absolute atomic E-state index is 0.0130. The number of rotatable bonds is 6. The molecule has 0 amide bonds. The van der Waals surface area contributed by atoms with Crippen LogP contribution in [-0.2, 0) is 0 Å². The van der Waals surface area contributed by atoms with Crippen LogP contribution in [0, 0.1) is 34.1 Å². The molecule has 1 aromatic heterocycles. The molecule has 0 spiro atoms. The van der Waals surface area contributed by atoms with Crippen LogP contribution in [-0.4, -0.2) is 21.0 Å². The Balaban J connectivity index is 1.76. The number of nitrogens with zero attached hydrogens (tertiary/aromatic N) is 4. The molecule has 4 rings (SSSR count). The Labute approximate surface area is 193 Å². The third-order valence-electron chi connectivity index (χ3n) is 5.02. The standard InChI is InChI=1S/C24H18N4O4S/c1-15-3-12-21(16(2)13-15)22-23(18-6-10-20(11-7-18)28(31)32)33-24(26-22)25-14-17-4-8-19(9-5-17)27(29)30/h3-14H,1-2H3. The van der Waals surface area contributed by atoms with E-state index in [4.69, 9.17) is 4.98 Å². The van der Waals surface area contributed by atoms with Crippen molar-refractivity contribution in [2.24, 2.45) is 4.99 Å². The number of aromatic nitrogens is 1. The number of hydrogen-bond acceptors (Lipinski definition) is 7. The first-order chi connectivity index (χ1) is 15.8. The Kier molecular flexibility index (Phi) is 6.05. The van der Waals surface area contributed by atoms with Gasteiger partial charge in [0.05, 0.1) is 20.4 Å². The van der Waals surface area contributed by atoms with E-state index >= 15 is 0 Å². The minimum atomic E-state index is -0.450. The van der Waals surface area contributed by atoms with Crippen molar-refractivity contribution in [3.8, 4) is 21.7 Å². The number of thiazole rings is 1. The van der Waals surface area contributed by atoms with E-state index in [9.17, 15) is 20.2 Å². The van der Waals surface area contributed by atoms with Gasteiger partial charge in [-0.05, 0) is 54.8 Å². The van der Waals surface area contributed by atoms with Crippen molar-refractivity contribution >= 4 is 34.1 Å². The molecule has 33 heavy (non-hydrogen) atoms. The third kappa shape index (κ3) is 4.83. The second kappa shape index (κ2) is 9.09. The van der Waals surface area contributed by atoms with Crippen molar-refractivity contribution in [1.82, 2.24) is 4.98 Å². The number of nitro groups is 2. The molecule has 0 aliphatic carbocycles. The van der Waals surface area contributed by atoms with Gasteiger partial charge < -0.3 is 0 Å². The molecular weight excluding hydrogens is 440 g/mol. The Bertz CT molecular complexity index is 1380. The summed E-state index contributed by atoms with van der Waals surface area (Å²) in [7, 11) is 0. The van der Waals surface area contributed by atoms with Crippen LogP contribution in [0.15, 0.2) is 71.7 Å². The lowest BCUT2D eigenvalue weighted by molar-refractivity contribution is -0.385. The summed E-state index contributed by atoms with van der Waals surface area (Å²) < 4.78 is 0. The lowest BCUT2D eigenvalue weighted by atomic mass is 10.0. The van der Waals surface area contributed by atoms with Gasteiger partial charge in [-0.15, -0.1) is 0 Å². The summed E-state index contributed by atoms with van der Waals surface area (Å²) in [4.78, 5) is 31.1. The summed E-state index contributed by atoms with van der Waals surface area (Å²) in [6.07, 6.45) is 1.61. The van der Waals surface area contributed by atoms with Crippen LogP contribution in [0.1, 0.15) is 16.7 Å². The largest absolute Gasteiger partial charge is 0.269 e. The quantitative estimate of drug-likeness (QED) is 0.182. The topological polar surface area (TPSA) is 112 Å². The van der Waals surface area contributed by atoms with Crippen LogP contribution in [0.5, 0.6) is 0 Å². The minimum Gasteiger partial charge on any atom is -0.258 e. The van der Waals surface area contributed by atoms with Crippen molar-refractivity contribution in [2.75, 3.05) is 0 Å². The predicted molar refractivity (Wildman–Crippen MR) is 129 cm³/mol. The first-order valence-corrected chi connectivity index (χ1v) is 10.8. The summed E-state index contributed by atoms with van der Waals surface area (Å²) in [5.41, 5.74) is 5.47. The number of nitro benzene ring substituents is 2. The van der Waals surface area contributed by atoms with Crippen molar-refractivity contribution < 1.29 is 9.85 Å². The number of aliphatic imine (C=N–C) groups is 1. The Morgan fingerprint density at radius 1 is 0.879 bits per heavy atom. The molecule has 0 saturated heterocycles. The molecule has 4 aromatic rings. The summed E-state index contributed by atoms with van der Waals surface area (Å²) in [5, 5.41) is 22.4. The van der Waals surface area contributed by atoms with Gasteiger partial charge in [-0.2, -0.15) is 0 Å². The molecule has 164 valence electrons. The van der Waals surface area contributed by atoms with Gasteiger partial charge in [0.2, 0.25) is 5.13 Å². The highest BCUT2D eigenvalue weighted by Crippen LogP contribution is 2.41. The predicted octanol–water partition coefficient (Wildman–Crippen LogP) is 6.66. The Hall–Kier alpha value is -4.24. The van der Waals surface area contributed by atoms with Gasteiger partial charge in [-0.1, -0.05) is 35.1 Å². The van der Waals surface area contributed by atoms with Crippen LogP contribution in [0.25, 0.3) is 21.7 Å². The Morgan fingerprint density at radius 2 is 1.48 bits per heavy atom. The highest BCUT2D eigenvalue weighted by Gasteiger charge is 2.17. The summed E-state index contributed by atoms with van der Waals surface area (Å²) in [5.74, 6) is 0. The van der Waals surface area contributed by atoms with Crippen molar-refractivity contribution in [3.63, 3.8) is 0 Å². The fourth-order valence-electron chi connectivity index (χ4n) is 3.37. The zero-order valence-electron chi connectivity index (χ0n) is 17.8. The van der Waals surface area contributed by atoms with E-state index in [0.29, 0.717) is 10.7 Å². The van der Waals surface area contributed by atoms with Crippen LogP contribution < -0.4 is 0 Å². The van der Waals surface area contributed by atoms with Gasteiger partial charge in [0.1, 0.15) is 0 Å². The van der Waals surface area contributed by atoms with Gasteiger partial charge in [-0.3, -0.25) is 20.2 Å². The molecule has 0 atom stereocenters. The Morgan fingerprint density at radius 3 is 2.06 bits per heavy atom. The second-order valence-electron chi connectivity index (χ2n) is 7.40. The van der Waals surface area contributed by atoms with Crippen LogP contribution in [0.4, 0.5) is 16.5 Å². The lowest BCUT2D eigenvalue weighted by Crippen LogP contribution is -1.89. The number of non-ortho nitro benzene ring substituents is 2. The first kappa shape index (κ1) is 22.0. The smallest absolute Gasteiger partial charge is 0.258 e. The average Bonchev–Trinajstić information content (AvgIpc) is 3.22. The van der Waals surface area contributed by atoms with E-state index in [0.717, 1.165) is 32.8 Å². The molecule has 0 aliphatic rings. The fourth-order valence-corrected chi connectivity index (χ4v) is 4.30. The van der Waals surface area contributed by atoms with Crippen molar-refractivity contribution in [2.45, 2.75) is 13.8 Å². The molecule has 0 radical (unpaired) electrons. The molecule has 0 fully saturated rings. The molecule has 9 heteroatoms. The monoisotopic (exact) mass is 458 g/mol. The molecule has 0 aliphatic heterocycles. The molecule has 3 aromatic carbocycles.